The first-order chi connectivity index (χ1) is 18.4. The van der Waals surface area contributed by atoms with Crippen LogP contribution in [0.3, 0.4) is 0 Å². The van der Waals surface area contributed by atoms with Crippen LogP contribution in [-0.4, -0.2) is 61.1 Å². The van der Waals surface area contributed by atoms with E-state index in [4.69, 9.17) is 27.9 Å². The Morgan fingerprint density at radius 2 is 1.82 bits per heavy atom. The summed E-state index contributed by atoms with van der Waals surface area (Å²) in [5, 5.41) is 4.34. The smallest absolute Gasteiger partial charge is 0.259 e. The highest BCUT2D eigenvalue weighted by molar-refractivity contribution is 7.99. The molecule has 210 valence electrons. The van der Waals surface area contributed by atoms with E-state index in [0.717, 1.165) is 49.1 Å². The summed E-state index contributed by atoms with van der Waals surface area (Å²) in [5.74, 6) is 0.263. The molecule has 2 atom stereocenters. The Bertz CT molecular complexity index is 1000. The van der Waals surface area contributed by atoms with Crippen LogP contribution in [0.1, 0.15) is 39.5 Å². The number of likely N-dealkylation sites (tertiary alicyclic amines) is 1. The highest BCUT2D eigenvalue weighted by Crippen LogP contribution is 2.36. The molecule has 1 amide bonds. The minimum Gasteiger partial charge on any atom is -0.379 e. The van der Waals surface area contributed by atoms with Crippen LogP contribution in [0.15, 0.2) is 46.2 Å². The molecule has 2 N–H and O–H groups in total. The topological polar surface area (TPSA) is 53.6 Å². The van der Waals surface area contributed by atoms with E-state index in [2.05, 4.69) is 14.9 Å². The summed E-state index contributed by atoms with van der Waals surface area (Å²) in [4.78, 5) is 16.1. The van der Waals surface area contributed by atoms with Gasteiger partial charge < -0.3 is 10.1 Å². The first-order valence-corrected chi connectivity index (χ1v) is 15.5. The SMILES string of the molecule is CC.O=C(NSc1cc(Cl)c(NC(CCN2CC(F)C2)CSc2ccc(F)cc2)c(Cl)c1)C1CCCCO1. The van der Waals surface area contributed by atoms with E-state index in [-0.39, 0.29) is 17.8 Å². The monoisotopic (exact) mass is 605 g/mol. The molecule has 2 fully saturated rings. The van der Waals surface area contributed by atoms with E-state index >= 15 is 0 Å². The largest absolute Gasteiger partial charge is 0.379 e. The fourth-order valence-electron chi connectivity index (χ4n) is 4.03. The second-order valence-electron chi connectivity index (χ2n) is 8.94. The lowest BCUT2D eigenvalue weighted by Crippen LogP contribution is -2.49. The van der Waals surface area contributed by atoms with Gasteiger partial charge in [0.1, 0.15) is 18.1 Å². The Balaban J connectivity index is 0.00000195. The Morgan fingerprint density at radius 1 is 1.13 bits per heavy atom. The molecule has 0 aromatic heterocycles. The van der Waals surface area contributed by atoms with Gasteiger partial charge in [-0.25, -0.2) is 8.78 Å². The van der Waals surface area contributed by atoms with Crippen LogP contribution in [0.4, 0.5) is 14.5 Å². The molecular formula is C27H35Cl2F2N3O2S2. The number of ether oxygens (including phenoxy) is 1. The summed E-state index contributed by atoms with van der Waals surface area (Å²) in [6, 6.07) is 9.89. The zero-order valence-electron chi connectivity index (χ0n) is 21.7. The number of nitrogens with one attached hydrogen (secondary N) is 2. The van der Waals surface area contributed by atoms with E-state index in [9.17, 15) is 13.6 Å². The predicted molar refractivity (Wildman–Crippen MR) is 156 cm³/mol. The van der Waals surface area contributed by atoms with Crippen molar-refractivity contribution in [2.75, 3.05) is 37.3 Å². The highest BCUT2D eigenvalue weighted by atomic mass is 35.5. The van der Waals surface area contributed by atoms with Crippen molar-refractivity contribution in [3.05, 3.63) is 52.3 Å². The minimum atomic E-state index is -0.746. The molecule has 2 aromatic carbocycles. The number of carbonyl (C=O) groups excluding carboxylic acids is 1. The molecule has 4 rings (SSSR count). The fourth-order valence-corrected chi connectivity index (χ4v) is 6.43. The summed E-state index contributed by atoms with van der Waals surface area (Å²) in [7, 11) is 0. The lowest BCUT2D eigenvalue weighted by Gasteiger charge is -2.35. The molecule has 5 nitrogen and oxygen atoms in total. The molecule has 0 spiro atoms. The van der Waals surface area contributed by atoms with Gasteiger partial charge in [0.2, 0.25) is 0 Å². The molecule has 2 aliphatic heterocycles. The van der Waals surface area contributed by atoms with Crippen LogP contribution >= 0.6 is 46.9 Å². The number of hydrogen-bond donors (Lipinski definition) is 2. The average molecular weight is 607 g/mol. The van der Waals surface area contributed by atoms with Gasteiger partial charge in [-0.2, -0.15) is 0 Å². The summed E-state index contributed by atoms with van der Waals surface area (Å²) in [6.45, 7) is 6.28. The summed E-state index contributed by atoms with van der Waals surface area (Å²) in [5.41, 5.74) is 0.612. The van der Waals surface area contributed by atoms with E-state index < -0.39 is 12.3 Å². The number of benzene rings is 2. The average Bonchev–Trinajstić information content (AvgIpc) is 2.91. The van der Waals surface area contributed by atoms with Crippen LogP contribution in [-0.2, 0) is 9.53 Å². The van der Waals surface area contributed by atoms with Gasteiger partial charge in [-0.15, -0.1) is 11.8 Å². The Labute approximate surface area is 242 Å². The quantitative estimate of drug-likeness (QED) is 0.205. The number of nitrogens with zero attached hydrogens (tertiary/aromatic N) is 1. The van der Waals surface area contributed by atoms with Gasteiger partial charge in [0.15, 0.2) is 0 Å². The molecule has 0 radical (unpaired) electrons. The molecule has 2 heterocycles. The van der Waals surface area contributed by atoms with Crippen LogP contribution in [0.2, 0.25) is 10.0 Å². The zero-order valence-corrected chi connectivity index (χ0v) is 24.8. The number of hydrogen-bond acceptors (Lipinski definition) is 6. The normalized spacial score (nSPS) is 18.6. The zero-order chi connectivity index (χ0) is 27.5. The van der Waals surface area contributed by atoms with Crippen LogP contribution in [0.25, 0.3) is 0 Å². The Kier molecular flexibility index (Phi) is 13.3. The van der Waals surface area contributed by atoms with Crippen LogP contribution in [0, 0.1) is 5.82 Å². The van der Waals surface area contributed by atoms with Crippen molar-refractivity contribution in [1.82, 2.24) is 9.62 Å². The number of halogens is 4. The number of rotatable bonds is 11. The first kappa shape index (κ1) is 31.3. The van der Waals surface area contributed by atoms with Crippen molar-refractivity contribution >= 4 is 58.5 Å². The Hall–Kier alpha value is -1.23. The van der Waals surface area contributed by atoms with Gasteiger partial charge in [0.05, 0.1) is 15.7 Å². The van der Waals surface area contributed by atoms with Crippen LogP contribution in [0.5, 0.6) is 0 Å². The molecule has 0 saturated carbocycles. The number of thioether (sulfide) groups is 1. The summed E-state index contributed by atoms with van der Waals surface area (Å²) >= 11 is 15.9. The van der Waals surface area contributed by atoms with E-state index in [1.807, 2.05) is 13.8 Å². The molecular weight excluding hydrogens is 571 g/mol. The van der Waals surface area contributed by atoms with Gasteiger partial charge in [-0.3, -0.25) is 14.4 Å². The summed E-state index contributed by atoms with van der Waals surface area (Å²) < 4.78 is 34.8. The van der Waals surface area contributed by atoms with Crippen molar-refractivity contribution in [2.45, 2.75) is 67.6 Å². The molecule has 38 heavy (non-hydrogen) atoms. The number of alkyl halides is 1. The van der Waals surface area contributed by atoms with Gasteiger partial charge in [-0.05, 0) is 74.0 Å². The predicted octanol–water partition coefficient (Wildman–Crippen LogP) is 7.47. The second kappa shape index (κ2) is 16.1. The van der Waals surface area contributed by atoms with E-state index in [1.54, 1.807) is 36.0 Å². The molecule has 2 unspecified atom stereocenters. The third-order valence-electron chi connectivity index (χ3n) is 6.08. The third kappa shape index (κ3) is 9.75. The number of anilines is 1. The second-order valence-corrected chi connectivity index (χ2v) is 11.7. The molecule has 0 aliphatic carbocycles. The van der Waals surface area contributed by atoms with Crippen molar-refractivity contribution in [1.29, 1.82) is 0 Å². The van der Waals surface area contributed by atoms with Gasteiger partial charge in [0, 0.05) is 47.8 Å². The maximum absolute atomic E-state index is 13.3. The molecule has 2 saturated heterocycles. The standard InChI is InChI=1S/C25H29Cl2F2N3O2S2.C2H6/c26-21-11-20(36-31-25(33)23-3-1-2-10-34-23)12-22(27)24(21)30-18(8-9-32-13-17(29)14-32)15-35-19-6-4-16(28)5-7-19;1-2/h4-7,11-12,17-18,23,30H,1-3,8-10,13-15H2,(H,31,33);1-2H3. The molecule has 2 aliphatic rings. The molecule has 2 aromatic rings. The van der Waals surface area contributed by atoms with Crippen molar-refractivity contribution in [3.8, 4) is 0 Å². The third-order valence-corrected chi connectivity index (χ3v) is 8.62. The van der Waals surface area contributed by atoms with E-state index in [0.29, 0.717) is 46.1 Å². The van der Waals surface area contributed by atoms with Crippen LogP contribution < -0.4 is 10.0 Å². The van der Waals surface area contributed by atoms with Crippen molar-refractivity contribution in [2.24, 2.45) is 0 Å². The maximum Gasteiger partial charge on any atom is 0.259 e. The summed E-state index contributed by atoms with van der Waals surface area (Å²) in [6.07, 6.45) is 2.28. The van der Waals surface area contributed by atoms with Crippen molar-refractivity contribution < 1.29 is 18.3 Å². The van der Waals surface area contributed by atoms with E-state index in [1.165, 1.54) is 12.1 Å². The minimum absolute atomic E-state index is 0.00429. The van der Waals surface area contributed by atoms with Gasteiger partial charge >= 0.3 is 0 Å². The first-order valence-electron chi connectivity index (χ1n) is 13.0. The maximum atomic E-state index is 13.3. The molecule has 0 bridgehead atoms. The lowest BCUT2D eigenvalue weighted by atomic mass is 10.1. The lowest BCUT2D eigenvalue weighted by molar-refractivity contribution is -0.133. The van der Waals surface area contributed by atoms with Crippen molar-refractivity contribution in [3.63, 3.8) is 0 Å². The van der Waals surface area contributed by atoms with Gasteiger partial charge in [-0.1, -0.05) is 37.0 Å². The number of carbonyl (C=O) groups is 1. The number of amides is 1. The molecule has 11 heteroatoms. The van der Waals surface area contributed by atoms with Gasteiger partial charge in [0.25, 0.3) is 5.91 Å². The Morgan fingerprint density at radius 3 is 2.42 bits per heavy atom. The highest BCUT2D eigenvalue weighted by Gasteiger charge is 2.27. The fraction of sp³-hybridized carbons (Fsp3) is 0.519.